The van der Waals surface area contributed by atoms with Crippen LogP contribution in [0.15, 0.2) is 54.6 Å². The van der Waals surface area contributed by atoms with Gasteiger partial charge in [0.15, 0.2) is 0 Å². The van der Waals surface area contributed by atoms with E-state index in [1.165, 1.54) is 12.1 Å². The molecule has 1 unspecified atom stereocenters. The molecule has 1 N–H and O–H groups in total. The smallest absolute Gasteiger partial charge is 0.239 e. The summed E-state index contributed by atoms with van der Waals surface area (Å²) in [7, 11) is 1.87. The highest BCUT2D eigenvalue weighted by Gasteiger charge is 2.11. The van der Waals surface area contributed by atoms with Gasteiger partial charge in [-0.1, -0.05) is 30.3 Å². The van der Waals surface area contributed by atoms with Gasteiger partial charge in [0.25, 0.3) is 0 Å². The van der Waals surface area contributed by atoms with Crippen LogP contribution in [-0.4, -0.2) is 19.5 Å². The number of nitrogens with zero attached hydrogens (tertiary/aromatic N) is 1. The first-order valence-electron chi connectivity index (χ1n) is 6.87. The van der Waals surface area contributed by atoms with E-state index in [1.54, 1.807) is 12.1 Å². The number of amides is 1. The zero-order valence-electron chi connectivity index (χ0n) is 12.2. The number of halogens is 1. The molecule has 4 heteroatoms. The molecule has 0 aliphatic carbocycles. The number of hydrogen-bond acceptors (Lipinski definition) is 2. The molecule has 0 aromatic heterocycles. The van der Waals surface area contributed by atoms with Crippen molar-refractivity contribution < 1.29 is 9.18 Å². The number of rotatable bonds is 5. The number of anilines is 1. The first-order valence-corrected chi connectivity index (χ1v) is 6.87. The van der Waals surface area contributed by atoms with Gasteiger partial charge in [0.1, 0.15) is 5.82 Å². The lowest BCUT2D eigenvalue weighted by Crippen LogP contribution is -2.36. The van der Waals surface area contributed by atoms with Crippen LogP contribution >= 0.6 is 0 Å². The van der Waals surface area contributed by atoms with Crippen molar-refractivity contribution in [2.24, 2.45) is 0 Å². The second-order valence-corrected chi connectivity index (χ2v) is 5.03. The summed E-state index contributed by atoms with van der Waals surface area (Å²) >= 11 is 0. The second kappa shape index (κ2) is 6.88. The molecule has 0 spiro atoms. The van der Waals surface area contributed by atoms with Crippen LogP contribution in [0.1, 0.15) is 18.5 Å². The molecule has 2 aromatic rings. The zero-order valence-corrected chi connectivity index (χ0v) is 12.2. The average molecular weight is 286 g/mol. The molecule has 0 heterocycles. The van der Waals surface area contributed by atoms with Gasteiger partial charge in [-0.2, -0.15) is 0 Å². The number of nitrogens with one attached hydrogen (secondary N) is 1. The van der Waals surface area contributed by atoms with Crippen molar-refractivity contribution in [1.29, 1.82) is 0 Å². The molecule has 0 bridgehead atoms. The van der Waals surface area contributed by atoms with Gasteiger partial charge in [-0.25, -0.2) is 4.39 Å². The number of likely N-dealkylation sites (N-methyl/N-ethyl adjacent to an activating group) is 1. The summed E-state index contributed by atoms with van der Waals surface area (Å²) in [6.45, 7) is 2.16. The summed E-state index contributed by atoms with van der Waals surface area (Å²) in [6, 6.07) is 15.7. The maximum atomic E-state index is 12.9. The van der Waals surface area contributed by atoms with Crippen molar-refractivity contribution >= 4 is 11.6 Å². The van der Waals surface area contributed by atoms with Crippen LogP contribution in [0, 0.1) is 5.82 Å². The molecule has 0 fully saturated rings. The van der Waals surface area contributed by atoms with Crippen LogP contribution < -0.4 is 10.2 Å². The summed E-state index contributed by atoms with van der Waals surface area (Å²) in [4.78, 5) is 13.9. The first-order chi connectivity index (χ1) is 10.1. The largest absolute Gasteiger partial charge is 0.365 e. The van der Waals surface area contributed by atoms with Gasteiger partial charge < -0.3 is 10.2 Å². The Hall–Kier alpha value is -2.36. The fourth-order valence-electron chi connectivity index (χ4n) is 2.11. The molecular weight excluding hydrogens is 267 g/mol. The van der Waals surface area contributed by atoms with Crippen molar-refractivity contribution in [3.63, 3.8) is 0 Å². The van der Waals surface area contributed by atoms with Crippen LogP contribution in [0.3, 0.4) is 0 Å². The molecule has 1 amide bonds. The van der Waals surface area contributed by atoms with Crippen molar-refractivity contribution in [3.05, 3.63) is 66.0 Å². The molecule has 2 aromatic carbocycles. The van der Waals surface area contributed by atoms with E-state index in [4.69, 9.17) is 0 Å². The predicted molar refractivity (Wildman–Crippen MR) is 82.7 cm³/mol. The minimum Gasteiger partial charge on any atom is -0.365 e. The van der Waals surface area contributed by atoms with Crippen LogP contribution in [0.5, 0.6) is 0 Å². The molecule has 0 aliphatic heterocycles. The van der Waals surface area contributed by atoms with E-state index < -0.39 is 0 Å². The number of carbonyl (C=O) groups excluding carboxylic acids is 1. The van der Waals surface area contributed by atoms with Gasteiger partial charge in [0, 0.05) is 12.7 Å². The van der Waals surface area contributed by atoms with Gasteiger partial charge in [-0.15, -0.1) is 0 Å². The first kappa shape index (κ1) is 15.0. The van der Waals surface area contributed by atoms with E-state index in [2.05, 4.69) is 5.32 Å². The quantitative estimate of drug-likeness (QED) is 0.916. The fourth-order valence-corrected chi connectivity index (χ4v) is 2.11. The van der Waals surface area contributed by atoms with Crippen LogP contribution in [0.2, 0.25) is 0 Å². The van der Waals surface area contributed by atoms with E-state index in [9.17, 15) is 9.18 Å². The maximum absolute atomic E-state index is 12.9. The Labute approximate surface area is 124 Å². The summed E-state index contributed by atoms with van der Waals surface area (Å²) < 4.78 is 12.9. The summed E-state index contributed by atoms with van der Waals surface area (Å²) in [5.41, 5.74) is 1.87. The summed E-state index contributed by atoms with van der Waals surface area (Å²) in [6.07, 6.45) is 0. The van der Waals surface area contributed by atoms with Crippen LogP contribution in [-0.2, 0) is 4.79 Å². The topological polar surface area (TPSA) is 32.3 Å². The third-order valence-electron chi connectivity index (χ3n) is 3.33. The minimum atomic E-state index is -0.277. The lowest BCUT2D eigenvalue weighted by atomic mass is 10.1. The lowest BCUT2D eigenvalue weighted by molar-refractivity contribution is -0.120. The number of hydrogen-bond donors (Lipinski definition) is 1. The standard InChI is InChI=1S/C17H19FN2O/c1-13(14-8-10-15(18)11-9-14)19-17(21)12-20(2)16-6-4-3-5-7-16/h3-11,13H,12H2,1-2H3,(H,19,21). The molecule has 21 heavy (non-hydrogen) atoms. The molecule has 0 aliphatic rings. The molecule has 0 saturated heterocycles. The Morgan fingerprint density at radius 3 is 2.38 bits per heavy atom. The molecule has 3 nitrogen and oxygen atoms in total. The maximum Gasteiger partial charge on any atom is 0.239 e. The Balaban J connectivity index is 1.91. The third-order valence-corrected chi connectivity index (χ3v) is 3.33. The Bertz CT molecular complexity index is 583. The van der Waals surface area contributed by atoms with Gasteiger partial charge >= 0.3 is 0 Å². The van der Waals surface area contributed by atoms with Crippen molar-refractivity contribution in [3.8, 4) is 0 Å². The fraction of sp³-hybridized carbons (Fsp3) is 0.235. The van der Waals surface area contributed by atoms with E-state index in [0.29, 0.717) is 0 Å². The normalized spacial score (nSPS) is 11.8. The minimum absolute atomic E-state index is 0.0711. The monoisotopic (exact) mass is 286 g/mol. The number of para-hydroxylation sites is 1. The number of carbonyl (C=O) groups is 1. The lowest BCUT2D eigenvalue weighted by Gasteiger charge is -2.21. The predicted octanol–water partition coefficient (Wildman–Crippen LogP) is 3.14. The molecular formula is C17H19FN2O. The Kier molecular flexibility index (Phi) is 4.93. The number of benzene rings is 2. The molecule has 110 valence electrons. The van der Waals surface area contributed by atoms with Crippen LogP contribution in [0.25, 0.3) is 0 Å². The molecule has 0 radical (unpaired) electrons. The molecule has 1 atom stereocenters. The van der Waals surface area contributed by atoms with Crippen molar-refractivity contribution in [2.45, 2.75) is 13.0 Å². The highest BCUT2D eigenvalue weighted by atomic mass is 19.1. The van der Waals surface area contributed by atoms with E-state index in [-0.39, 0.29) is 24.3 Å². The summed E-state index contributed by atoms with van der Waals surface area (Å²) in [5.74, 6) is -0.348. The van der Waals surface area contributed by atoms with Crippen molar-refractivity contribution in [1.82, 2.24) is 5.32 Å². The van der Waals surface area contributed by atoms with Crippen LogP contribution in [0.4, 0.5) is 10.1 Å². The molecule has 2 rings (SSSR count). The van der Waals surface area contributed by atoms with Crippen molar-refractivity contribution in [2.75, 3.05) is 18.5 Å². The van der Waals surface area contributed by atoms with E-state index in [0.717, 1.165) is 11.3 Å². The SMILES string of the molecule is CC(NC(=O)CN(C)c1ccccc1)c1ccc(F)cc1. The average Bonchev–Trinajstić information content (AvgIpc) is 2.48. The second-order valence-electron chi connectivity index (χ2n) is 5.03. The van der Waals surface area contributed by atoms with Gasteiger partial charge in [0.2, 0.25) is 5.91 Å². The highest BCUT2D eigenvalue weighted by Crippen LogP contribution is 2.14. The van der Waals surface area contributed by atoms with Gasteiger partial charge in [-0.3, -0.25) is 4.79 Å². The highest BCUT2D eigenvalue weighted by molar-refractivity contribution is 5.81. The van der Waals surface area contributed by atoms with E-state index in [1.807, 2.05) is 49.2 Å². The van der Waals surface area contributed by atoms with E-state index >= 15 is 0 Å². The Morgan fingerprint density at radius 1 is 1.14 bits per heavy atom. The van der Waals surface area contributed by atoms with Gasteiger partial charge in [-0.05, 0) is 36.8 Å². The Morgan fingerprint density at radius 2 is 1.76 bits per heavy atom. The third kappa shape index (κ3) is 4.31. The zero-order chi connectivity index (χ0) is 15.2. The molecule has 0 saturated carbocycles. The summed E-state index contributed by atoms with van der Waals surface area (Å²) in [5, 5.41) is 2.91. The van der Waals surface area contributed by atoms with Gasteiger partial charge in [0.05, 0.1) is 12.6 Å².